The van der Waals surface area contributed by atoms with Crippen LogP contribution in [0.25, 0.3) is 10.9 Å². The molecule has 1 aromatic carbocycles. The van der Waals surface area contributed by atoms with Crippen LogP contribution in [0.4, 0.5) is 0 Å². The van der Waals surface area contributed by atoms with Gasteiger partial charge in [0.05, 0.1) is 5.52 Å². The van der Waals surface area contributed by atoms with Gasteiger partial charge in [0.1, 0.15) is 6.54 Å². The van der Waals surface area contributed by atoms with Crippen LogP contribution in [0.5, 0.6) is 0 Å². The molecule has 4 heteroatoms. The largest absolute Gasteiger partial charge is 0.352 e. The van der Waals surface area contributed by atoms with E-state index < -0.39 is 0 Å². The average molecular weight is 286 g/mol. The number of nitrogens with zero attached hydrogens (tertiary/aromatic N) is 1. The molecule has 1 unspecified atom stereocenters. The minimum Gasteiger partial charge on any atom is -0.352 e. The lowest BCUT2D eigenvalue weighted by molar-refractivity contribution is -0.122. The summed E-state index contributed by atoms with van der Waals surface area (Å²) >= 11 is 0. The molecule has 0 radical (unpaired) electrons. The van der Waals surface area contributed by atoms with Crippen LogP contribution >= 0.6 is 0 Å². The van der Waals surface area contributed by atoms with Gasteiger partial charge in [-0.1, -0.05) is 32.9 Å². The van der Waals surface area contributed by atoms with Crippen molar-refractivity contribution in [1.29, 1.82) is 0 Å². The lowest BCUT2D eigenvalue weighted by atomic mass is 10.0. The Bertz CT molecular complexity index is 688. The van der Waals surface area contributed by atoms with E-state index in [1.165, 1.54) is 6.07 Å². The number of amides is 1. The Morgan fingerprint density at radius 3 is 2.62 bits per heavy atom. The van der Waals surface area contributed by atoms with Crippen LogP contribution in [0, 0.1) is 5.92 Å². The van der Waals surface area contributed by atoms with E-state index in [0.29, 0.717) is 11.3 Å². The van der Waals surface area contributed by atoms with E-state index in [4.69, 9.17) is 0 Å². The Hall–Kier alpha value is -2.10. The van der Waals surface area contributed by atoms with Crippen molar-refractivity contribution >= 4 is 16.8 Å². The molecule has 4 nitrogen and oxygen atoms in total. The van der Waals surface area contributed by atoms with Crippen molar-refractivity contribution in [1.82, 2.24) is 9.88 Å². The van der Waals surface area contributed by atoms with Gasteiger partial charge in [-0.2, -0.15) is 0 Å². The molecule has 1 aromatic heterocycles. The quantitative estimate of drug-likeness (QED) is 0.918. The van der Waals surface area contributed by atoms with Gasteiger partial charge in [0, 0.05) is 23.7 Å². The van der Waals surface area contributed by atoms with E-state index in [1.807, 2.05) is 22.8 Å². The lowest BCUT2D eigenvalue weighted by Gasteiger charge is -2.21. The highest BCUT2D eigenvalue weighted by molar-refractivity contribution is 5.82. The highest BCUT2D eigenvalue weighted by Gasteiger charge is 2.14. The van der Waals surface area contributed by atoms with Gasteiger partial charge in [0.15, 0.2) is 5.43 Å². The predicted octanol–water partition coefficient (Wildman–Crippen LogP) is 2.55. The van der Waals surface area contributed by atoms with Crippen LogP contribution in [0.2, 0.25) is 0 Å². The van der Waals surface area contributed by atoms with Crippen LogP contribution in [-0.4, -0.2) is 16.5 Å². The molecule has 1 amide bonds. The summed E-state index contributed by atoms with van der Waals surface area (Å²) in [5.41, 5.74) is 0.772. The molecule has 0 spiro atoms. The smallest absolute Gasteiger partial charge is 0.240 e. The van der Waals surface area contributed by atoms with Gasteiger partial charge >= 0.3 is 0 Å². The second kappa shape index (κ2) is 6.57. The van der Waals surface area contributed by atoms with Crippen molar-refractivity contribution in [3.05, 3.63) is 46.8 Å². The van der Waals surface area contributed by atoms with Crippen molar-refractivity contribution in [3.63, 3.8) is 0 Å². The van der Waals surface area contributed by atoms with E-state index in [0.717, 1.165) is 11.9 Å². The number of pyridine rings is 1. The molecule has 0 aliphatic heterocycles. The number of para-hydroxylation sites is 1. The van der Waals surface area contributed by atoms with Crippen LogP contribution in [0.3, 0.4) is 0 Å². The maximum atomic E-state index is 12.2. The maximum absolute atomic E-state index is 12.2. The molecule has 0 saturated carbocycles. The van der Waals surface area contributed by atoms with Gasteiger partial charge in [-0.25, -0.2) is 0 Å². The molecule has 1 heterocycles. The molecule has 21 heavy (non-hydrogen) atoms. The van der Waals surface area contributed by atoms with Crippen LogP contribution in [0.1, 0.15) is 27.2 Å². The van der Waals surface area contributed by atoms with Crippen molar-refractivity contribution in [2.24, 2.45) is 5.92 Å². The number of aromatic nitrogens is 1. The standard InChI is InChI=1S/C17H22N2O2/c1-4-14(12(2)3)18-17(21)11-19-10-9-16(20)13-7-5-6-8-15(13)19/h5-10,12,14H,4,11H2,1-3H3,(H,18,21). The Morgan fingerprint density at radius 1 is 1.24 bits per heavy atom. The second-order valence-electron chi connectivity index (χ2n) is 5.65. The summed E-state index contributed by atoms with van der Waals surface area (Å²) in [5.74, 6) is 0.383. The Labute approximate surface area is 124 Å². The van der Waals surface area contributed by atoms with Gasteiger partial charge in [-0.05, 0) is 24.5 Å². The molecule has 2 rings (SSSR count). The first-order valence-electron chi connectivity index (χ1n) is 7.40. The molecule has 0 saturated heterocycles. The fourth-order valence-corrected chi connectivity index (χ4v) is 2.55. The zero-order valence-electron chi connectivity index (χ0n) is 12.8. The van der Waals surface area contributed by atoms with Gasteiger partial charge in [-0.3, -0.25) is 9.59 Å². The fraction of sp³-hybridized carbons (Fsp3) is 0.412. The number of benzene rings is 1. The average Bonchev–Trinajstić information content (AvgIpc) is 2.47. The zero-order chi connectivity index (χ0) is 15.4. The minimum atomic E-state index is -0.0237. The van der Waals surface area contributed by atoms with E-state index in [9.17, 15) is 9.59 Å². The number of nitrogens with one attached hydrogen (secondary N) is 1. The van der Waals surface area contributed by atoms with E-state index in [1.54, 1.807) is 12.3 Å². The molecule has 112 valence electrons. The Kier molecular flexibility index (Phi) is 4.78. The normalized spacial score (nSPS) is 12.6. The summed E-state index contributed by atoms with van der Waals surface area (Å²) in [6.45, 7) is 6.50. The Balaban J connectivity index is 2.22. The summed E-state index contributed by atoms with van der Waals surface area (Å²) < 4.78 is 1.82. The zero-order valence-corrected chi connectivity index (χ0v) is 12.8. The van der Waals surface area contributed by atoms with Gasteiger partial charge in [0.2, 0.25) is 5.91 Å². The minimum absolute atomic E-state index is 0.0177. The number of rotatable bonds is 5. The first-order chi connectivity index (χ1) is 10.0. The Morgan fingerprint density at radius 2 is 1.95 bits per heavy atom. The van der Waals surface area contributed by atoms with Gasteiger partial charge < -0.3 is 9.88 Å². The van der Waals surface area contributed by atoms with Crippen molar-refractivity contribution < 1.29 is 4.79 Å². The first kappa shape index (κ1) is 15.3. The van der Waals surface area contributed by atoms with E-state index in [2.05, 4.69) is 26.1 Å². The molecule has 1 N–H and O–H groups in total. The van der Waals surface area contributed by atoms with Crippen molar-refractivity contribution in [3.8, 4) is 0 Å². The molecule has 0 aliphatic carbocycles. The molecular weight excluding hydrogens is 264 g/mol. The molecule has 0 aliphatic rings. The third kappa shape index (κ3) is 3.51. The van der Waals surface area contributed by atoms with E-state index >= 15 is 0 Å². The number of hydrogen-bond acceptors (Lipinski definition) is 2. The summed E-state index contributed by atoms with van der Waals surface area (Å²) in [5, 5.41) is 3.70. The fourth-order valence-electron chi connectivity index (χ4n) is 2.55. The SMILES string of the molecule is CCC(NC(=O)Cn1ccc(=O)c2ccccc21)C(C)C. The molecular formula is C17H22N2O2. The maximum Gasteiger partial charge on any atom is 0.240 e. The molecule has 2 aromatic rings. The summed E-state index contributed by atoms with van der Waals surface area (Å²) in [7, 11) is 0. The monoisotopic (exact) mass is 286 g/mol. The lowest BCUT2D eigenvalue weighted by Crippen LogP contribution is -2.39. The van der Waals surface area contributed by atoms with Gasteiger partial charge in [0.25, 0.3) is 0 Å². The molecule has 0 fully saturated rings. The van der Waals surface area contributed by atoms with Crippen LogP contribution in [-0.2, 0) is 11.3 Å². The highest BCUT2D eigenvalue weighted by atomic mass is 16.2. The predicted molar refractivity (Wildman–Crippen MR) is 85.3 cm³/mol. The van der Waals surface area contributed by atoms with Gasteiger partial charge in [-0.15, -0.1) is 0 Å². The number of hydrogen-bond donors (Lipinski definition) is 1. The highest BCUT2D eigenvalue weighted by Crippen LogP contribution is 2.10. The van der Waals surface area contributed by atoms with Crippen LogP contribution < -0.4 is 10.7 Å². The second-order valence-corrected chi connectivity index (χ2v) is 5.65. The summed E-state index contributed by atoms with van der Waals surface area (Å²) in [6.07, 6.45) is 2.59. The summed E-state index contributed by atoms with van der Waals surface area (Å²) in [4.78, 5) is 24.0. The topological polar surface area (TPSA) is 51.1 Å². The van der Waals surface area contributed by atoms with Crippen molar-refractivity contribution in [2.75, 3.05) is 0 Å². The third-order valence-corrected chi connectivity index (χ3v) is 3.79. The van der Waals surface area contributed by atoms with Crippen molar-refractivity contribution in [2.45, 2.75) is 39.8 Å². The third-order valence-electron chi connectivity index (χ3n) is 3.79. The first-order valence-corrected chi connectivity index (χ1v) is 7.40. The van der Waals surface area contributed by atoms with Crippen LogP contribution in [0.15, 0.2) is 41.3 Å². The number of carbonyl (C=O) groups excluding carboxylic acids is 1. The number of fused-ring (bicyclic) bond motifs is 1. The molecule has 1 atom stereocenters. The van der Waals surface area contributed by atoms with E-state index in [-0.39, 0.29) is 23.9 Å². The summed E-state index contributed by atoms with van der Waals surface area (Å²) in [6, 6.07) is 9.05. The number of carbonyl (C=O) groups is 1. The molecule has 0 bridgehead atoms.